The van der Waals surface area contributed by atoms with Gasteiger partial charge in [-0.1, -0.05) is 13.3 Å². The van der Waals surface area contributed by atoms with Gasteiger partial charge in [0.05, 0.1) is 6.20 Å². The van der Waals surface area contributed by atoms with E-state index in [9.17, 15) is 14.6 Å². The molecule has 1 unspecified atom stereocenters. The Morgan fingerprint density at radius 1 is 1.60 bits per heavy atom. The van der Waals surface area contributed by atoms with Gasteiger partial charge in [0.25, 0.3) is 5.56 Å². The third-order valence-electron chi connectivity index (χ3n) is 2.35. The molecule has 0 aliphatic heterocycles. The Labute approximate surface area is 118 Å². The van der Waals surface area contributed by atoms with Crippen LogP contribution in [0.1, 0.15) is 19.8 Å². The summed E-state index contributed by atoms with van der Waals surface area (Å²) in [6.07, 6.45) is 2.73. The summed E-state index contributed by atoms with van der Waals surface area (Å²) in [6, 6.07) is 0. The fourth-order valence-electron chi connectivity index (χ4n) is 1.57. The number of nitrogens with zero attached hydrogens (tertiary/aromatic N) is 3. The third kappa shape index (κ3) is 3.62. The van der Waals surface area contributed by atoms with Crippen molar-refractivity contribution in [1.82, 2.24) is 19.9 Å². The van der Waals surface area contributed by atoms with Crippen molar-refractivity contribution in [3.63, 3.8) is 0 Å². The monoisotopic (exact) mass is 320 g/mol. The molecular weight excluding hydrogens is 307 g/mol. The van der Waals surface area contributed by atoms with Crippen LogP contribution >= 0.6 is 6.72 Å². The van der Waals surface area contributed by atoms with Gasteiger partial charge in [-0.2, -0.15) is 9.83 Å². The Morgan fingerprint density at radius 2 is 2.35 bits per heavy atom. The molecule has 0 fully saturated rings. The molecule has 0 radical (unpaired) electrons. The van der Waals surface area contributed by atoms with E-state index < -0.39 is 18.6 Å². The van der Waals surface area contributed by atoms with Crippen molar-refractivity contribution in [2.75, 3.05) is 0 Å². The Bertz CT molecular complexity index is 695. The lowest BCUT2D eigenvalue weighted by Crippen LogP contribution is -2.26. The van der Waals surface area contributed by atoms with Crippen LogP contribution in [0.3, 0.4) is 0 Å². The van der Waals surface area contributed by atoms with Crippen molar-refractivity contribution in [3.05, 3.63) is 22.9 Å². The van der Waals surface area contributed by atoms with Crippen molar-refractivity contribution >= 4 is 29.6 Å². The maximum atomic E-state index is 11.5. The second-order valence-electron chi connectivity index (χ2n) is 3.92. The molecule has 2 rings (SSSR count). The predicted octanol–water partition coefficient (Wildman–Crippen LogP) is -0.0999. The van der Waals surface area contributed by atoms with Crippen molar-refractivity contribution in [1.29, 1.82) is 0 Å². The average Bonchev–Trinajstić information content (AvgIpc) is 2.72. The third-order valence-corrected chi connectivity index (χ3v) is 3.12. The number of hydrogen-bond donors (Lipinski definition) is 3. The SMILES string of the molecule is CCCC(On1cnc2c(=O)[nH]ncc21)OP(O)(O)=S. The van der Waals surface area contributed by atoms with Gasteiger partial charge in [0.1, 0.15) is 11.8 Å². The van der Waals surface area contributed by atoms with Crippen molar-refractivity contribution in [3.8, 4) is 0 Å². The van der Waals surface area contributed by atoms with E-state index in [0.717, 1.165) is 0 Å². The van der Waals surface area contributed by atoms with E-state index in [1.807, 2.05) is 6.92 Å². The van der Waals surface area contributed by atoms with Gasteiger partial charge in [-0.05, 0) is 11.8 Å². The summed E-state index contributed by atoms with van der Waals surface area (Å²) in [4.78, 5) is 39.1. The number of aromatic amines is 1. The average molecular weight is 320 g/mol. The Kier molecular flexibility index (Phi) is 4.51. The maximum absolute atomic E-state index is 11.5. The van der Waals surface area contributed by atoms with E-state index in [-0.39, 0.29) is 5.52 Å². The molecule has 9 nitrogen and oxygen atoms in total. The summed E-state index contributed by atoms with van der Waals surface area (Å²) in [7, 11) is 0. The number of H-pyrrole nitrogens is 1. The maximum Gasteiger partial charge on any atom is 0.325 e. The Morgan fingerprint density at radius 3 is 3.00 bits per heavy atom. The Balaban J connectivity index is 2.27. The molecule has 11 heteroatoms. The molecule has 0 saturated heterocycles. The number of nitrogens with one attached hydrogen (secondary N) is 1. The van der Waals surface area contributed by atoms with Crippen molar-refractivity contribution in [2.45, 2.75) is 26.1 Å². The van der Waals surface area contributed by atoms with Crippen LogP contribution in [0.2, 0.25) is 0 Å². The van der Waals surface area contributed by atoms with Crippen LogP contribution in [0.5, 0.6) is 0 Å². The molecule has 0 bridgehead atoms. The predicted molar refractivity (Wildman–Crippen MR) is 73.2 cm³/mol. The summed E-state index contributed by atoms with van der Waals surface area (Å²) in [6.45, 7) is -1.98. The van der Waals surface area contributed by atoms with Crippen LogP contribution in [-0.2, 0) is 16.3 Å². The zero-order valence-electron chi connectivity index (χ0n) is 10.5. The first-order valence-corrected chi connectivity index (χ1v) is 8.35. The molecular formula is C9H13N4O5PS. The molecule has 2 aromatic heterocycles. The summed E-state index contributed by atoms with van der Waals surface area (Å²) < 4.78 is 6.07. The molecule has 110 valence electrons. The fraction of sp³-hybridized carbons (Fsp3) is 0.444. The van der Waals surface area contributed by atoms with E-state index in [4.69, 9.17) is 9.36 Å². The van der Waals surface area contributed by atoms with E-state index >= 15 is 0 Å². The van der Waals surface area contributed by atoms with Gasteiger partial charge in [-0.25, -0.2) is 10.1 Å². The number of hydrogen-bond acceptors (Lipinski definition) is 6. The molecule has 20 heavy (non-hydrogen) atoms. The molecule has 0 spiro atoms. The molecule has 0 aliphatic carbocycles. The molecule has 0 saturated carbocycles. The first kappa shape index (κ1) is 15.1. The highest BCUT2D eigenvalue weighted by molar-refractivity contribution is 8.06. The summed E-state index contributed by atoms with van der Waals surface area (Å²) >= 11 is 4.42. The van der Waals surface area contributed by atoms with Gasteiger partial charge in [-0.15, -0.1) is 0 Å². The zero-order chi connectivity index (χ0) is 14.8. The van der Waals surface area contributed by atoms with Gasteiger partial charge < -0.3 is 14.6 Å². The zero-order valence-corrected chi connectivity index (χ0v) is 12.2. The first-order valence-electron chi connectivity index (χ1n) is 5.72. The van der Waals surface area contributed by atoms with Crippen LogP contribution in [0.25, 0.3) is 11.0 Å². The van der Waals surface area contributed by atoms with Crippen LogP contribution in [0.15, 0.2) is 17.3 Å². The number of imidazole rings is 1. The first-order chi connectivity index (χ1) is 9.40. The minimum Gasteiger partial charge on any atom is -0.380 e. The summed E-state index contributed by atoms with van der Waals surface area (Å²) in [5.41, 5.74) is 0.0394. The summed E-state index contributed by atoms with van der Waals surface area (Å²) in [5.74, 6) is 0. The number of rotatable bonds is 6. The summed E-state index contributed by atoms with van der Waals surface area (Å²) in [5, 5.41) is 5.89. The lowest BCUT2D eigenvalue weighted by atomic mass is 10.3. The van der Waals surface area contributed by atoms with E-state index in [0.29, 0.717) is 18.4 Å². The van der Waals surface area contributed by atoms with Crippen LogP contribution in [0.4, 0.5) is 0 Å². The molecule has 0 amide bonds. The molecule has 0 aromatic carbocycles. The van der Waals surface area contributed by atoms with E-state index in [2.05, 4.69) is 27.0 Å². The number of aromatic nitrogens is 4. The van der Waals surface area contributed by atoms with Crippen molar-refractivity contribution in [2.24, 2.45) is 0 Å². The molecule has 0 aliphatic rings. The van der Waals surface area contributed by atoms with Crippen LogP contribution in [-0.4, -0.2) is 36.0 Å². The normalized spacial score (nSPS) is 13.6. The quantitative estimate of drug-likeness (QED) is 0.498. The minimum absolute atomic E-state index is 0.155. The highest BCUT2D eigenvalue weighted by Crippen LogP contribution is 2.38. The second kappa shape index (κ2) is 5.98. The van der Waals surface area contributed by atoms with E-state index in [1.54, 1.807) is 0 Å². The lowest BCUT2D eigenvalue weighted by Gasteiger charge is -2.20. The topological polar surface area (TPSA) is 122 Å². The molecule has 2 aromatic rings. The van der Waals surface area contributed by atoms with Gasteiger partial charge in [0.15, 0.2) is 5.52 Å². The second-order valence-corrected chi connectivity index (χ2v) is 6.54. The van der Waals surface area contributed by atoms with Gasteiger partial charge >= 0.3 is 6.72 Å². The largest absolute Gasteiger partial charge is 0.380 e. The number of fused-ring (bicyclic) bond motifs is 1. The van der Waals surface area contributed by atoms with Crippen molar-refractivity contribution < 1.29 is 19.1 Å². The molecule has 3 N–H and O–H groups in total. The van der Waals surface area contributed by atoms with Crippen LogP contribution < -0.4 is 10.4 Å². The van der Waals surface area contributed by atoms with Gasteiger partial charge in [-0.3, -0.25) is 9.32 Å². The van der Waals surface area contributed by atoms with Crippen LogP contribution in [0, 0.1) is 0 Å². The standard InChI is InChI=1S/C9H13N4O5PS/c1-2-3-7(18-19(15,16)20)17-13-5-10-8-6(13)4-11-12-9(8)14/h4-5,7H,2-3H2,1H3,(H,12,14)(H2,15,16,20). The van der Waals surface area contributed by atoms with E-state index in [1.165, 1.54) is 17.3 Å². The Hall–Kier alpha value is -1.32. The van der Waals surface area contributed by atoms with Gasteiger partial charge in [0, 0.05) is 6.42 Å². The van der Waals surface area contributed by atoms with Gasteiger partial charge in [0.2, 0.25) is 6.29 Å². The minimum atomic E-state index is -3.85. The highest BCUT2D eigenvalue weighted by atomic mass is 32.5. The highest BCUT2D eigenvalue weighted by Gasteiger charge is 2.20. The smallest absolute Gasteiger partial charge is 0.325 e. The molecule has 2 heterocycles. The lowest BCUT2D eigenvalue weighted by molar-refractivity contribution is -0.0916. The fourth-order valence-corrected chi connectivity index (χ4v) is 2.30. The molecule has 1 atom stereocenters.